The number of rotatable bonds is 2. The van der Waals surface area contributed by atoms with Crippen LogP contribution in [-0.4, -0.2) is 15.0 Å². The molecule has 0 unspecified atom stereocenters. The van der Waals surface area contributed by atoms with Crippen molar-refractivity contribution in [2.24, 2.45) is 0 Å². The molecule has 0 aromatic carbocycles. The fourth-order valence-corrected chi connectivity index (χ4v) is 0.719. The number of halogens is 2. The monoisotopic (exact) mass is 190 g/mol. The molecule has 0 aliphatic heterocycles. The Hall–Kier alpha value is -1.79. The molecule has 0 fully saturated rings. The lowest BCUT2D eigenvalue weighted by Crippen LogP contribution is -1.96. The summed E-state index contributed by atoms with van der Waals surface area (Å²) < 4.78 is 24.1. The van der Waals surface area contributed by atoms with E-state index >= 15 is 0 Å². The molecule has 0 saturated heterocycles. The first-order valence-electron chi connectivity index (χ1n) is 3.15. The summed E-state index contributed by atoms with van der Waals surface area (Å²) in [4.78, 5) is 12.2. The highest BCUT2D eigenvalue weighted by Gasteiger charge is 2.22. The largest absolute Gasteiger partial charge is 0.504 e. The van der Waals surface area contributed by atoms with Gasteiger partial charge in [0.15, 0.2) is 5.75 Å². The Labute approximate surface area is 70.8 Å². The number of pyridine rings is 1. The van der Waals surface area contributed by atoms with Crippen molar-refractivity contribution in [3.05, 3.63) is 27.9 Å². The van der Waals surface area contributed by atoms with Gasteiger partial charge in [-0.1, -0.05) is 0 Å². The summed E-state index contributed by atoms with van der Waals surface area (Å²) in [5.41, 5.74) is -0.978. The summed E-state index contributed by atoms with van der Waals surface area (Å²) in [6.07, 6.45) is -3.03. The second kappa shape index (κ2) is 3.30. The first-order valence-corrected chi connectivity index (χ1v) is 3.15. The van der Waals surface area contributed by atoms with Gasteiger partial charge in [0.25, 0.3) is 5.69 Å². The van der Waals surface area contributed by atoms with Crippen molar-refractivity contribution in [2.45, 2.75) is 6.43 Å². The van der Waals surface area contributed by atoms with E-state index in [0.717, 1.165) is 12.1 Å². The summed E-state index contributed by atoms with van der Waals surface area (Å²) in [5.74, 6) is -1.46. The molecule has 0 aliphatic rings. The molecule has 1 rings (SSSR count). The Morgan fingerprint density at radius 1 is 1.54 bits per heavy atom. The summed E-state index contributed by atoms with van der Waals surface area (Å²) in [5, 5.41) is 18.9. The van der Waals surface area contributed by atoms with Crippen molar-refractivity contribution in [2.75, 3.05) is 0 Å². The lowest BCUT2D eigenvalue weighted by Gasteiger charge is -1.97. The van der Waals surface area contributed by atoms with E-state index in [1.54, 1.807) is 0 Å². The van der Waals surface area contributed by atoms with Crippen molar-refractivity contribution >= 4 is 5.82 Å². The van der Waals surface area contributed by atoms with Gasteiger partial charge in [-0.3, -0.25) is 0 Å². The van der Waals surface area contributed by atoms with Crippen molar-refractivity contribution in [1.82, 2.24) is 4.98 Å². The first kappa shape index (κ1) is 9.30. The predicted molar refractivity (Wildman–Crippen MR) is 37.5 cm³/mol. The summed E-state index contributed by atoms with van der Waals surface area (Å²) in [6, 6.07) is 1.66. The van der Waals surface area contributed by atoms with E-state index < -0.39 is 28.6 Å². The Kier molecular flexibility index (Phi) is 2.36. The van der Waals surface area contributed by atoms with Crippen LogP contribution in [0, 0.1) is 10.1 Å². The number of hydrogen-bond acceptors (Lipinski definition) is 4. The van der Waals surface area contributed by atoms with E-state index in [1.165, 1.54) is 0 Å². The average molecular weight is 190 g/mol. The summed E-state index contributed by atoms with van der Waals surface area (Å²) >= 11 is 0. The van der Waals surface area contributed by atoms with Crippen LogP contribution in [0.4, 0.5) is 14.6 Å². The second-order valence-corrected chi connectivity index (χ2v) is 2.13. The van der Waals surface area contributed by atoms with Crippen LogP contribution in [0.25, 0.3) is 0 Å². The van der Waals surface area contributed by atoms with Gasteiger partial charge in [0.05, 0.1) is 0 Å². The number of aromatic nitrogens is 1. The van der Waals surface area contributed by atoms with Gasteiger partial charge in [-0.25, -0.2) is 8.78 Å². The van der Waals surface area contributed by atoms with Gasteiger partial charge in [0.2, 0.25) is 0 Å². The zero-order valence-corrected chi connectivity index (χ0v) is 6.15. The highest BCUT2D eigenvalue weighted by Crippen LogP contribution is 2.27. The Morgan fingerprint density at radius 3 is 2.62 bits per heavy atom. The van der Waals surface area contributed by atoms with Gasteiger partial charge in [-0.05, 0) is 16.0 Å². The molecule has 0 saturated carbocycles. The van der Waals surface area contributed by atoms with Gasteiger partial charge >= 0.3 is 12.2 Å². The minimum atomic E-state index is -3.03. The van der Waals surface area contributed by atoms with E-state index in [9.17, 15) is 18.9 Å². The van der Waals surface area contributed by atoms with Crippen LogP contribution in [0.5, 0.6) is 5.75 Å². The van der Waals surface area contributed by atoms with Crippen molar-refractivity contribution in [3.63, 3.8) is 0 Å². The fourth-order valence-electron chi connectivity index (χ4n) is 0.719. The molecule has 0 bridgehead atoms. The third-order valence-corrected chi connectivity index (χ3v) is 1.28. The van der Waals surface area contributed by atoms with Gasteiger partial charge in [-0.2, -0.15) is 0 Å². The number of hydrogen-bond donors (Lipinski definition) is 1. The summed E-state index contributed by atoms with van der Waals surface area (Å²) in [6.45, 7) is 0. The van der Waals surface area contributed by atoms with Crippen LogP contribution in [0.15, 0.2) is 12.1 Å². The predicted octanol–water partition coefficient (Wildman–Crippen LogP) is 1.63. The molecule has 13 heavy (non-hydrogen) atoms. The van der Waals surface area contributed by atoms with E-state index in [4.69, 9.17) is 5.11 Å². The molecule has 1 N–H and O–H groups in total. The number of alkyl halides is 2. The molecule has 0 aliphatic carbocycles. The standard InChI is InChI=1S/C6H4F2N2O3/c7-6(8)5-3(11)1-2-4(9-5)10(12)13/h1-2,6,11H. The van der Waals surface area contributed by atoms with Crippen molar-refractivity contribution in [1.29, 1.82) is 0 Å². The first-order chi connectivity index (χ1) is 6.02. The minimum Gasteiger partial charge on any atom is -0.504 e. The van der Waals surface area contributed by atoms with Gasteiger partial charge in [0, 0.05) is 6.07 Å². The normalized spacial score (nSPS) is 10.4. The SMILES string of the molecule is O=[N+]([O-])c1ccc(O)c(C(F)F)n1. The van der Waals surface area contributed by atoms with E-state index in [2.05, 4.69) is 4.98 Å². The van der Waals surface area contributed by atoms with Crippen LogP contribution in [-0.2, 0) is 0 Å². The molecule has 0 atom stereocenters. The zero-order valence-electron chi connectivity index (χ0n) is 6.15. The van der Waals surface area contributed by atoms with Gasteiger partial charge in [0.1, 0.15) is 0 Å². The molecular formula is C6H4F2N2O3. The molecule has 0 amide bonds. The third kappa shape index (κ3) is 1.86. The van der Waals surface area contributed by atoms with Crippen LogP contribution in [0.2, 0.25) is 0 Å². The maximum Gasteiger partial charge on any atom is 0.364 e. The van der Waals surface area contributed by atoms with Crippen molar-refractivity contribution in [3.8, 4) is 5.75 Å². The highest BCUT2D eigenvalue weighted by molar-refractivity contribution is 5.33. The summed E-state index contributed by atoms with van der Waals surface area (Å²) in [7, 11) is 0. The quantitative estimate of drug-likeness (QED) is 0.567. The molecule has 1 aromatic heterocycles. The van der Waals surface area contributed by atoms with Gasteiger partial charge in [-0.15, -0.1) is 0 Å². The maximum atomic E-state index is 12.0. The van der Waals surface area contributed by atoms with Crippen LogP contribution >= 0.6 is 0 Å². The molecule has 1 aromatic rings. The highest BCUT2D eigenvalue weighted by atomic mass is 19.3. The molecule has 70 valence electrons. The van der Waals surface area contributed by atoms with Crippen molar-refractivity contribution < 1.29 is 18.8 Å². The number of nitro groups is 1. The zero-order chi connectivity index (χ0) is 10.0. The number of aromatic hydroxyl groups is 1. The Morgan fingerprint density at radius 2 is 2.15 bits per heavy atom. The molecule has 0 radical (unpaired) electrons. The second-order valence-electron chi connectivity index (χ2n) is 2.13. The van der Waals surface area contributed by atoms with E-state index in [1.807, 2.05) is 0 Å². The molecule has 1 heterocycles. The Bertz CT molecular complexity index is 343. The van der Waals surface area contributed by atoms with Crippen LogP contribution < -0.4 is 0 Å². The third-order valence-electron chi connectivity index (χ3n) is 1.28. The van der Waals surface area contributed by atoms with Crippen LogP contribution in [0.3, 0.4) is 0 Å². The molecule has 5 nitrogen and oxygen atoms in total. The molecular weight excluding hydrogens is 186 g/mol. The smallest absolute Gasteiger partial charge is 0.364 e. The topological polar surface area (TPSA) is 76.3 Å². The molecule has 0 spiro atoms. The Balaban J connectivity index is 3.19. The lowest BCUT2D eigenvalue weighted by molar-refractivity contribution is -0.389. The number of nitrogens with zero attached hydrogens (tertiary/aromatic N) is 2. The van der Waals surface area contributed by atoms with E-state index in [-0.39, 0.29) is 0 Å². The lowest BCUT2D eigenvalue weighted by atomic mass is 10.3. The van der Waals surface area contributed by atoms with Crippen LogP contribution in [0.1, 0.15) is 12.1 Å². The molecule has 7 heteroatoms. The fraction of sp³-hybridized carbons (Fsp3) is 0.167. The minimum absolute atomic E-state index is 0.715. The maximum absolute atomic E-state index is 12.0. The van der Waals surface area contributed by atoms with Gasteiger partial charge < -0.3 is 15.2 Å². The van der Waals surface area contributed by atoms with E-state index in [0.29, 0.717) is 0 Å². The average Bonchev–Trinajstić information content (AvgIpc) is 2.04.